The Labute approximate surface area is 95.6 Å². The number of allylic oxidation sites excluding steroid dienone is 1. The van der Waals surface area contributed by atoms with Gasteiger partial charge in [0, 0.05) is 11.6 Å². The quantitative estimate of drug-likeness (QED) is 0.392. The number of carboxylic acids is 1. The highest BCUT2D eigenvalue weighted by molar-refractivity contribution is 5.85. The van der Waals surface area contributed by atoms with E-state index < -0.39 is 5.97 Å². The van der Waals surface area contributed by atoms with Crippen LogP contribution < -0.4 is 0 Å². The molecular weight excluding hydrogens is 208 g/mol. The van der Waals surface area contributed by atoms with Crippen LogP contribution in [-0.2, 0) is 14.3 Å². The number of carbonyl (C=O) groups is 2. The normalized spacial score (nSPS) is 10.3. The summed E-state index contributed by atoms with van der Waals surface area (Å²) in [7, 11) is 0. The second-order valence-corrected chi connectivity index (χ2v) is 3.37. The Morgan fingerprint density at radius 3 is 2.69 bits per heavy atom. The highest BCUT2D eigenvalue weighted by Crippen LogP contribution is 2.03. The van der Waals surface area contributed by atoms with Crippen LogP contribution in [0.15, 0.2) is 24.3 Å². The molecule has 1 N–H and O–H groups in total. The zero-order valence-electron chi connectivity index (χ0n) is 9.57. The van der Waals surface area contributed by atoms with Crippen molar-refractivity contribution in [1.29, 1.82) is 0 Å². The molecule has 0 radical (unpaired) electrons. The van der Waals surface area contributed by atoms with Gasteiger partial charge in [-0.05, 0) is 19.3 Å². The van der Waals surface area contributed by atoms with Crippen LogP contribution in [0.2, 0.25) is 0 Å². The van der Waals surface area contributed by atoms with E-state index in [4.69, 9.17) is 9.84 Å². The lowest BCUT2D eigenvalue weighted by atomic mass is 10.1. The van der Waals surface area contributed by atoms with Crippen molar-refractivity contribution >= 4 is 11.9 Å². The Hall–Kier alpha value is -1.58. The molecule has 0 atom stereocenters. The van der Waals surface area contributed by atoms with Crippen molar-refractivity contribution in [3.8, 4) is 0 Å². The van der Waals surface area contributed by atoms with Crippen LogP contribution in [0.1, 0.15) is 32.6 Å². The van der Waals surface area contributed by atoms with E-state index in [0.717, 1.165) is 12.8 Å². The molecule has 0 aliphatic rings. The summed E-state index contributed by atoms with van der Waals surface area (Å²) < 4.78 is 4.87. The first-order valence-corrected chi connectivity index (χ1v) is 5.32. The minimum atomic E-state index is -1.00. The molecule has 0 heterocycles. The van der Waals surface area contributed by atoms with Crippen molar-refractivity contribution in [2.24, 2.45) is 0 Å². The van der Waals surface area contributed by atoms with Crippen molar-refractivity contribution in [2.75, 3.05) is 6.61 Å². The van der Waals surface area contributed by atoms with Crippen LogP contribution in [0.25, 0.3) is 0 Å². The number of esters is 1. The van der Waals surface area contributed by atoms with Crippen molar-refractivity contribution in [3.63, 3.8) is 0 Å². The molecule has 90 valence electrons. The SMILES string of the molecule is C=C(CCC=CC(=O)OCCCC)C(=O)O. The van der Waals surface area contributed by atoms with Gasteiger partial charge in [-0.25, -0.2) is 9.59 Å². The molecule has 0 fully saturated rings. The Bertz CT molecular complexity index is 279. The fourth-order valence-electron chi connectivity index (χ4n) is 0.909. The number of unbranched alkanes of at least 4 members (excludes halogenated alkanes) is 1. The maximum atomic E-state index is 11.0. The molecule has 0 saturated carbocycles. The van der Waals surface area contributed by atoms with Crippen LogP contribution in [0.4, 0.5) is 0 Å². The fraction of sp³-hybridized carbons (Fsp3) is 0.500. The summed E-state index contributed by atoms with van der Waals surface area (Å²) in [4.78, 5) is 21.4. The highest BCUT2D eigenvalue weighted by atomic mass is 16.5. The van der Waals surface area contributed by atoms with Gasteiger partial charge in [0.05, 0.1) is 6.61 Å². The molecule has 0 aromatic rings. The maximum Gasteiger partial charge on any atom is 0.330 e. The van der Waals surface area contributed by atoms with E-state index in [0.29, 0.717) is 19.4 Å². The number of carboxylic acid groups (broad SMARTS) is 1. The molecular formula is C12H18O4. The van der Waals surface area contributed by atoms with Gasteiger partial charge >= 0.3 is 11.9 Å². The molecule has 0 bridgehead atoms. The molecule has 0 rings (SSSR count). The van der Waals surface area contributed by atoms with Crippen molar-refractivity contribution in [3.05, 3.63) is 24.3 Å². The predicted octanol–water partition coefficient (Wildman–Crippen LogP) is 2.31. The largest absolute Gasteiger partial charge is 0.478 e. The average molecular weight is 226 g/mol. The summed E-state index contributed by atoms with van der Waals surface area (Å²) in [5, 5.41) is 8.52. The van der Waals surface area contributed by atoms with Gasteiger partial charge in [-0.2, -0.15) is 0 Å². The number of hydrogen-bond acceptors (Lipinski definition) is 3. The van der Waals surface area contributed by atoms with Crippen LogP contribution in [0.5, 0.6) is 0 Å². The molecule has 16 heavy (non-hydrogen) atoms. The summed E-state index contributed by atoms with van der Waals surface area (Å²) in [6, 6.07) is 0. The van der Waals surface area contributed by atoms with Crippen LogP contribution >= 0.6 is 0 Å². The highest BCUT2D eigenvalue weighted by Gasteiger charge is 2.01. The number of carbonyl (C=O) groups excluding carboxylic acids is 1. The van der Waals surface area contributed by atoms with Crippen LogP contribution in [0, 0.1) is 0 Å². The Balaban J connectivity index is 3.63. The van der Waals surface area contributed by atoms with E-state index in [1.54, 1.807) is 6.08 Å². The molecule has 4 nitrogen and oxygen atoms in total. The minimum absolute atomic E-state index is 0.143. The Morgan fingerprint density at radius 1 is 1.44 bits per heavy atom. The molecule has 0 aromatic carbocycles. The molecule has 4 heteroatoms. The van der Waals surface area contributed by atoms with Gasteiger partial charge in [0.2, 0.25) is 0 Å². The summed E-state index contributed by atoms with van der Waals surface area (Å²) in [5.41, 5.74) is 0.143. The number of ether oxygens (including phenoxy) is 1. The zero-order valence-corrected chi connectivity index (χ0v) is 9.57. The smallest absolute Gasteiger partial charge is 0.330 e. The van der Waals surface area contributed by atoms with Crippen molar-refractivity contribution < 1.29 is 19.4 Å². The van der Waals surface area contributed by atoms with Gasteiger partial charge in [0.25, 0.3) is 0 Å². The first-order valence-electron chi connectivity index (χ1n) is 5.32. The van der Waals surface area contributed by atoms with E-state index in [9.17, 15) is 9.59 Å². The number of rotatable bonds is 8. The second-order valence-electron chi connectivity index (χ2n) is 3.37. The lowest BCUT2D eigenvalue weighted by Crippen LogP contribution is -2.02. The van der Waals surface area contributed by atoms with E-state index in [-0.39, 0.29) is 11.5 Å². The van der Waals surface area contributed by atoms with E-state index in [1.807, 2.05) is 6.92 Å². The van der Waals surface area contributed by atoms with Gasteiger partial charge in [0.15, 0.2) is 0 Å². The Morgan fingerprint density at radius 2 is 2.12 bits per heavy atom. The molecule has 0 aliphatic carbocycles. The van der Waals surface area contributed by atoms with Gasteiger partial charge in [0.1, 0.15) is 0 Å². The Kier molecular flexibility index (Phi) is 7.85. The number of hydrogen-bond donors (Lipinski definition) is 1. The van der Waals surface area contributed by atoms with Gasteiger partial charge in [-0.15, -0.1) is 0 Å². The van der Waals surface area contributed by atoms with Crippen LogP contribution in [-0.4, -0.2) is 23.7 Å². The number of aliphatic carboxylic acids is 1. The summed E-state index contributed by atoms with van der Waals surface area (Å²) in [6.07, 6.45) is 5.58. The molecule has 0 spiro atoms. The molecule has 0 aliphatic heterocycles. The third-order valence-corrected chi connectivity index (χ3v) is 1.91. The van der Waals surface area contributed by atoms with E-state index in [2.05, 4.69) is 6.58 Å². The lowest BCUT2D eigenvalue weighted by Gasteiger charge is -1.99. The summed E-state index contributed by atoms with van der Waals surface area (Å²) in [6.45, 7) is 5.83. The van der Waals surface area contributed by atoms with Crippen LogP contribution in [0.3, 0.4) is 0 Å². The third kappa shape index (κ3) is 7.79. The molecule has 0 saturated heterocycles. The lowest BCUT2D eigenvalue weighted by molar-refractivity contribution is -0.138. The molecule has 0 aromatic heterocycles. The first-order chi connectivity index (χ1) is 7.57. The summed E-state index contributed by atoms with van der Waals surface area (Å²) >= 11 is 0. The predicted molar refractivity (Wildman–Crippen MR) is 61.0 cm³/mol. The van der Waals surface area contributed by atoms with E-state index in [1.165, 1.54) is 6.08 Å². The van der Waals surface area contributed by atoms with Gasteiger partial charge in [-0.1, -0.05) is 26.0 Å². The first kappa shape index (κ1) is 14.4. The topological polar surface area (TPSA) is 63.6 Å². The fourth-order valence-corrected chi connectivity index (χ4v) is 0.909. The third-order valence-electron chi connectivity index (χ3n) is 1.91. The maximum absolute atomic E-state index is 11.0. The minimum Gasteiger partial charge on any atom is -0.478 e. The molecule has 0 amide bonds. The van der Waals surface area contributed by atoms with Gasteiger partial charge in [-0.3, -0.25) is 0 Å². The second kappa shape index (κ2) is 8.71. The van der Waals surface area contributed by atoms with Crippen molar-refractivity contribution in [1.82, 2.24) is 0 Å². The average Bonchev–Trinajstić information content (AvgIpc) is 2.24. The van der Waals surface area contributed by atoms with Crippen molar-refractivity contribution in [2.45, 2.75) is 32.6 Å². The summed E-state index contributed by atoms with van der Waals surface area (Å²) in [5.74, 6) is -1.38. The van der Waals surface area contributed by atoms with E-state index >= 15 is 0 Å². The molecule has 0 unspecified atom stereocenters. The zero-order chi connectivity index (χ0) is 12.4. The standard InChI is InChI=1S/C12H18O4/c1-3-4-9-16-11(13)8-6-5-7-10(2)12(14)15/h6,8H,2-5,7,9H2,1H3,(H,14,15). The monoisotopic (exact) mass is 226 g/mol. The van der Waals surface area contributed by atoms with Gasteiger partial charge < -0.3 is 9.84 Å².